The number of anilines is 2. The maximum absolute atomic E-state index is 13.0. The molecule has 5 heteroatoms. The fourth-order valence-corrected chi connectivity index (χ4v) is 1.42. The van der Waals surface area contributed by atoms with Gasteiger partial charge in [-0.2, -0.15) is 0 Å². The number of hydrogen-bond acceptors (Lipinski definition) is 3. The van der Waals surface area contributed by atoms with Gasteiger partial charge in [0, 0.05) is 35.6 Å². The Kier molecular flexibility index (Phi) is 2.82. The summed E-state index contributed by atoms with van der Waals surface area (Å²) in [5.41, 5.74) is 11.4. The summed E-state index contributed by atoms with van der Waals surface area (Å²) in [6.45, 7) is 0. The highest BCUT2D eigenvalue weighted by Crippen LogP contribution is 2.26. The van der Waals surface area contributed by atoms with Crippen LogP contribution in [0.4, 0.5) is 20.2 Å². The highest BCUT2D eigenvalue weighted by molar-refractivity contribution is 5.48. The van der Waals surface area contributed by atoms with E-state index in [4.69, 9.17) is 16.2 Å². The summed E-state index contributed by atoms with van der Waals surface area (Å²) >= 11 is 0. The van der Waals surface area contributed by atoms with Crippen molar-refractivity contribution < 1.29 is 13.5 Å². The highest BCUT2D eigenvalue weighted by Gasteiger charge is 2.04. The second-order valence-corrected chi connectivity index (χ2v) is 3.54. The molecule has 2 rings (SSSR count). The maximum Gasteiger partial charge on any atom is 0.132 e. The molecule has 0 saturated carbocycles. The van der Waals surface area contributed by atoms with Crippen LogP contribution < -0.4 is 16.2 Å². The van der Waals surface area contributed by atoms with E-state index in [-0.39, 0.29) is 22.9 Å². The molecular formula is C12H10F2N2O. The fourth-order valence-electron chi connectivity index (χ4n) is 1.42. The van der Waals surface area contributed by atoms with Crippen LogP contribution in [0.1, 0.15) is 0 Å². The van der Waals surface area contributed by atoms with Gasteiger partial charge in [-0.15, -0.1) is 0 Å². The largest absolute Gasteiger partial charge is 0.457 e. The Labute approximate surface area is 96.6 Å². The number of ether oxygens (including phenoxy) is 1. The van der Waals surface area contributed by atoms with Gasteiger partial charge in [0.2, 0.25) is 0 Å². The molecule has 2 aromatic carbocycles. The molecule has 0 heterocycles. The van der Waals surface area contributed by atoms with Crippen molar-refractivity contribution in [2.75, 3.05) is 11.5 Å². The van der Waals surface area contributed by atoms with Gasteiger partial charge in [0.1, 0.15) is 23.1 Å². The first-order valence-corrected chi connectivity index (χ1v) is 4.83. The normalized spacial score (nSPS) is 10.2. The van der Waals surface area contributed by atoms with Crippen LogP contribution in [0, 0.1) is 11.6 Å². The molecule has 0 aliphatic heterocycles. The lowest BCUT2D eigenvalue weighted by Gasteiger charge is -2.07. The van der Waals surface area contributed by atoms with E-state index in [0.29, 0.717) is 0 Å². The van der Waals surface area contributed by atoms with Gasteiger partial charge >= 0.3 is 0 Å². The Morgan fingerprint density at radius 2 is 1.12 bits per heavy atom. The highest BCUT2D eigenvalue weighted by atomic mass is 19.1. The van der Waals surface area contributed by atoms with Crippen molar-refractivity contribution in [1.29, 1.82) is 0 Å². The molecule has 0 saturated heterocycles. The summed E-state index contributed by atoms with van der Waals surface area (Å²) in [6, 6.07) is 7.49. The lowest BCUT2D eigenvalue weighted by atomic mass is 10.2. The standard InChI is InChI=1S/C12H10F2N2O/c13-7-1-9(15)5-11(3-7)17-12-4-8(14)2-10(16)6-12/h1-6H,15-16H2. The number of hydrogen-bond donors (Lipinski definition) is 2. The number of nitrogen functional groups attached to an aromatic ring is 2. The summed E-state index contributed by atoms with van der Waals surface area (Å²) in [7, 11) is 0. The van der Waals surface area contributed by atoms with Gasteiger partial charge in [-0.1, -0.05) is 0 Å². The zero-order chi connectivity index (χ0) is 12.4. The van der Waals surface area contributed by atoms with Gasteiger partial charge in [0.25, 0.3) is 0 Å². The molecule has 0 spiro atoms. The average Bonchev–Trinajstić information content (AvgIpc) is 2.13. The predicted octanol–water partition coefficient (Wildman–Crippen LogP) is 2.92. The third-order valence-electron chi connectivity index (χ3n) is 2.02. The van der Waals surface area contributed by atoms with Crippen molar-refractivity contribution in [3.05, 3.63) is 48.0 Å². The van der Waals surface area contributed by atoms with Crippen molar-refractivity contribution in [2.45, 2.75) is 0 Å². The van der Waals surface area contributed by atoms with Crippen LogP contribution >= 0.6 is 0 Å². The number of nitrogens with two attached hydrogens (primary N) is 2. The molecule has 0 bridgehead atoms. The van der Waals surface area contributed by atoms with E-state index in [9.17, 15) is 8.78 Å². The summed E-state index contributed by atoms with van der Waals surface area (Å²) in [6.07, 6.45) is 0. The smallest absolute Gasteiger partial charge is 0.132 e. The first-order chi connectivity index (χ1) is 8.02. The molecule has 4 N–H and O–H groups in total. The first-order valence-electron chi connectivity index (χ1n) is 4.83. The van der Waals surface area contributed by atoms with E-state index in [1.54, 1.807) is 0 Å². The van der Waals surface area contributed by atoms with Crippen LogP contribution in [0.25, 0.3) is 0 Å². The minimum absolute atomic E-state index is 0.188. The third kappa shape index (κ3) is 2.84. The van der Waals surface area contributed by atoms with E-state index in [1.807, 2.05) is 0 Å². The molecule has 0 atom stereocenters. The first kappa shape index (κ1) is 11.2. The van der Waals surface area contributed by atoms with Crippen LogP contribution in [-0.2, 0) is 0 Å². The summed E-state index contributed by atoms with van der Waals surface area (Å²) in [4.78, 5) is 0. The zero-order valence-corrected chi connectivity index (χ0v) is 8.78. The minimum Gasteiger partial charge on any atom is -0.457 e. The lowest BCUT2D eigenvalue weighted by Crippen LogP contribution is -1.92. The number of halogens is 2. The molecule has 2 aromatic rings. The quantitative estimate of drug-likeness (QED) is 0.788. The molecule has 3 nitrogen and oxygen atoms in total. The van der Waals surface area contributed by atoms with Gasteiger partial charge in [-0.3, -0.25) is 0 Å². The Hall–Kier alpha value is -2.30. The van der Waals surface area contributed by atoms with Crippen molar-refractivity contribution in [1.82, 2.24) is 0 Å². The van der Waals surface area contributed by atoms with E-state index in [2.05, 4.69) is 0 Å². The van der Waals surface area contributed by atoms with E-state index in [1.165, 1.54) is 12.1 Å². The molecule has 0 aliphatic rings. The average molecular weight is 236 g/mol. The van der Waals surface area contributed by atoms with Gasteiger partial charge in [0.05, 0.1) is 0 Å². The molecule has 0 fully saturated rings. The molecule has 0 radical (unpaired) electrons. The maximum atomic E-state index is 13.0. The molecule has 0 amide bonds. The van der Waals surface area contributed by atoms with Crippen molar-refractivity contribution in [3.8, 4) is 11.5 Å². The van der Waals surface area contributed by atoms with Gasteiger partial charge in [-0.05, 0) is 12.1 Å². The molecule has 17 heavy (non-hydrogen) atoms. The second kappa shape index (κ2) is 4.29. The van der Waals surface area contributed by atoms with Crippen LogP contribution in [0.2, 0.25) is 0 Å². The van der Waals surface area contributed by atoms with Crippen LogP contribution in [-0.4, -0.2) is 0 Å². The topological polar surface area (TPSA) is 61.3 Å². The van der Waals surface area contributed by atoms with E-state index >= 15 is 0 Å². The predicted molar refractivity (Wildman–Crippen MR) is 61.7 cm³/mol. The second-order valence-electron chi connectivity index (χ2n) is 3.54. The monoisotopic (exact) mass is 236 g/mol. The van der Waals surface area contributed by atoms with Gasteiger partial charge < -0.3 is 16.2 Å². The van der Waals surface area contributed by atoms with Crippen LogP contribution in [0.3, 0.4) is 0 Å². The number of benzene rings is 2. The lowest BCUT2D eigenvalue weighted by molar-refractivity contribution is 0.472. The van der Waals surface area contributed by atoms with Gasteiger partial charge in [-0.25, -0.2) is 8.78 Å². The molecule has 0 unspecified atom stereocenters. The fraction of sp³-hybridized carbons (Fsp3) is 0. The Morgan fingerprint density at radius 1 is 0.706 bits per heavy atom. The molecule has 0 aliphatic carbocycles. The van der Waals surface area contributed by atoms with Crippen LogP contribution in [0.15, 0.2) is 36.4 Å². The minimum atomic E-state index is -0.524. The summed E-state index contributed by atoms with van der Waals surface area (Å²) < 4.78 is 31.3. The summed E-state index contributed by atoms with van der Waals surface area (Å²) in [5.74, 6) is -0.672. The SMILES string of the molecule is Nc1cc(F)cc(Oc2cc(N)cc(F)c2)c1. The Balaban J connectivity index is 2.31. The van der Waals surface area contributed by atoms with Crippen LogP contribution in [0.5, 0.6) is 11.5 Å². The van der Waals surface area contributed by atoms with E-state index in [0.717, 1.165) is 24.3 Å². The molecular weight excluding hydrogens is 226 g/mol. The third-order valence-corrected chi connectivity index (χ3v) is 2.02. The van der Waals surface area contributed by atoms with Crippen molar-refractivity contribution in [2.24, 2.45) is 0 Å². The van der Waals surface area contributed by atoms with Crippen molar-refractivity contribution in [3.63, 3.8) is 0 Å². The summed E-state index contributed by atoms with van der Waals surface area (Å²) in [5, 5.41) is 0. The Morgan fingerprint density at radius 3 is 1.47 bits per heavy atom. The van der Waals surface area contributed by atoms with Gasteiger partial charge in [0.15, 0.2) is 0 Å². The zero-order valence-electron chi connectivity index (χ0n) is 8.78. The molecule has 88 valence electrons. The van der Waals surface area contributed by atoms with E-state index < -0.39 is 11.6 Å². The Bertz CT molecular complexity index is 468. The number of rotatable bonds is 2. The van der Waals surface area contributed by atoms with Crippen molar-refractivity contribution >= 4 is 11.4 Å². The molecule has 0 aromatic heterocycles.